The van der Waals surface area contributed by atoms with Crippen LogP contribution in [0.5, 0.6) is 0 Å². The number of halogens is 2. The third kappa shape index (κ3) is 4.71. The second-order valence-corrected chi connectivity index (χ2v) is 6.58. The topological polar surface area (TPSA) is 55.4 Å². The SMILES string of the molecule is COC(=O)CCC(C)N[C@]1(c2ccccc2Cl)CCCCC1=O.Cl. The summed E-state index contributed by atoms with van der Waals surface area (Å²) >= 11 is 6.38. The summed E-state index contributed by atoms with van der Waals surface area (Å²) in [5, 5.41) is 4.08. The number of ether oxygens (including phenoxy) is 1. The van der Waals surface area contributed by atoms with Gasteiger partial charge < -0.3 is 4.74 Å². The van der Waals surface area contributed by atoms with Gasteiger partial charge in [0.1, 0.15) is 5.54 Å². The molecule has 6 heteroatoms. The third-order valence-corrected chi connectivity index (χ3v) is 4.85. The lowest BCUT2D eigenvalue weighted by molar-refractivity contribution is -0.140. The van der Waals surface area contributed by atoms with Crippen molar-refractivity contribution in [2.24, 2.45) is 0 Å². The Morgan fingerprint density at radius 1 is 1.38 bits per heavy atom. The van der Waals surface area contributed by atoms with Crippen LogP contribution in [0.2, 0.25) is 5.02 Å². The molecule has 0 spiro atoms. The molecule has 1 saturated carbocycles. The first-order valence-electron chi connectivity index (χ1n) is 8.12. The van der Waals surface area contributed by atoms with Crippen molar-refractivity contribution in [1.82, 2.24) is 5.32 Å². The Bertz CT molecular complexity index is 579. The van der Waals surface area contributed by atoms with Gasteiger partial charge in [-0.25, -0.2) is 0 Å². The second-order valence-electron chi connectivity index (χ2n) is 6.18. The summed E-state index contributed by atoms with van der Waals surface area (Å²) in [5.41, 5.74) is 0.0999. The summed E-state index contributed by atoms with van der Waals surface area (Å²) in [7, 11) is 1.39. The van der Waals surface area contributed by atoms with Crippen molar-refractivity contribution in [3.63, 3.8) is 0 Å². The number of carbonyl (C=O) groups excluding carboxylic acids is 2. The fourth-order valence-corrected chi connectivity index (χ4v) is 3.58. The minimum Gasteiger partial charge on any atom is -0.469 e. The number of methoxy groups -OCH3 is 1. The van der Waals surface area contributed by atoms with Crippen LogP contribution in [0.4, 0.5) is 0 Å². The first-order chi connectivity index (χ1) is 11.0. The van der Waals surface area contributed by atoms with Crippen molar-refractivity contribution in [3.8, 4) is 0 Å². The van der Waals surface area contributed by atoms with E-state index in [1.165, 1.54) is 7.11 Å². The van der Waals surface area contributed by atoms with E-state index in [-0.39, 0.29) is 30.2 Å². The highest BCUT2D eigenvalue weighted by molar-refractivity contribution is 6.31. The molecule has 24 heavy (non-hydrogen) atoms. The van der Waals surface area contributed by atoms with Crippen molar-refractivity contribution in [3.05, 3.63) is 34.9 Å². The monoisotopic (exact) mass is 373 g/mol. The van der Waals surface area contributed by atoms with Crippen LogP contribution in [0.1, 0.15) is 51.0 Å². The quantitative estimate of drug-likeness (QED) is 0.764. The Balaban J connectivity index is 0.00000288. The van der Waals surface area contributed by atoms with Gasteiger partial charge in [0.15, 0.2) is 5.78 Å². The van der Waals surface area contributed by atoms with E-state index in [1.54, 1.807) is 0 Å². The number of nitrogens with one attached hydrogen (secondary N) is 1. The molecule has 1 aromatic rings. The average Bonchev–Trinajstić information content (AvgIpc) is 2.55. The molecule has 0 bridgehead atoms. The van der Waals surface area contributed by atoms with Crippen molar-refractivity contribution in [1.29, 1.82) is 0 Å². The van der Waals surface area contributed by atoms with Gasteiger partial charge in [-0.1, -0.05) is 36.2 Å². The average molecular weight is 374 g/mol. The molecule has 1 aromatic carbocycles. The Hall–Kier alpha value is -1.10. The van der Waals surface area contributed by atoms with Crippen LogP contribution >= 0.6 is 24.0 Å². The Morgan fingerprint density at radius 2 is 2.08 bits per heavy atom. The van der Waals surface area contributed by atoms with Gasteiger partial charge in [0.05, 0.1) is 7.11 Å². The first kappa shape index (κ1) is 20.9. The minimum atomic E-state index is -0.744. The van der Waals surface area contributed by atoms with E-state index in [0.29, 0.717) is 24.3 Å². The number of Topliss-reactive ketones (excluding diaryl/α,β-unsaturated/α-hetero) is 1. The van der Waals surface area contributed by atoms with Crippen molar-refractivity contribution < 1.29 is 14.3 Å². The largest absolute Gasteiger partial charge is 0.469 e. The van der Waals surface area contributed by atoms with E-state index in [1.807, 2.05) is 31.2 Å². The molecular formula is C18H25Cl2NO3. The van der Waals surface area contributed by atoms with Crippen LogP contribution in [0.3, 0.4) is 0 Å². The summed E-state index contributed by atoms with van der Waals surface area (Å²) in [5.74, 6) is -0.0535. The Morgan fingerprint density at radius 3 is 2.71 bits per heavy atom. The molecule has 1 fully saturated rings. The van der Waals surface area contributed by atoms with Crippen LogP contribution in [-0.4, -0.2) is 24.9 Å². The molecule has 0 amide bonds. The van der Waals surface area contributed by atoms with Gasteiger partial charge in [-0.3, -0.25) is 14.9 Å². The maximum atomic E-state index is 12.8. The lowest BCUT2D eigenvalue weighted by atomic mass is 9.75. The number of esters is 1. The molecule has 1 unspecified atom stereocenters. The predicted molar refractivity (Wildman–Crippen MR) is 97.7 cm³/mol. The van der Waals surface area contributed by atoms with Crippen molar-refractivity contribution in [2.45, 2.75) is 57.0 Å². The summed E-state index contributed by atoms with van der Waals surface area (Å²) < 4.78 is 4.69. The third-order valence-electron chi connectivity index (χ3n) is 4.52. The molecule has 1 N–H and O–H groups in total. The van der Waals surface area contributed by atoms with Crippen LogP contribution < -0.4 is 5.32 Å². The number of rotatable bonds is 6. The van der Waals surface area contributed by atoms with Crippen LogP contribution in [0.15, 0.2) is 24.3 Å². The molecule has 0 aliphatic heterocycles. The number of hydrogen-bond acceptors (Lipinski definition) is 4. The molecule has 134 valence electrons. The molecule has 2 atom stereocenters. The smallest absolute Gasteiger partial charge is 0.305 e. The second kappa shape index (κ2) is 9.40. The van der Waals surface area contributed by atoms with Crippen molar-refractivity contribution in [2.75, 3.05) is 7.11 Å². The molecule has 0 heterocycles. The van der Waals surface area contributed by atoms with Gasteiger partial charge in [0, 0.05) is 23.9 Å². The molecule has 1 aliphatic carbocycles. The van der Waals surface area contributed by atoms with Crippen LogP contribution in [0, 0.1) is 0 Å². The van der Waals surface area contributed by atoms with Crippen molar-refractivity contribution >= 4 is 35.8 Å². The standard InChI is InChI=1S/C18H24ClNO3.ClH/c1-13(10-11-17(22)23-2)20-18(12-6-5-9-16(18)21)14-7-3-4-8-15(14)19;/h3-4,7-8,13,20H,5-6,9-12H2,1-2H3;1H/t13?,18-;/m0./s1. The number of benzene rings is 1. The number of ketones is 1. The van der Waals surface area contributed by atoms with Gasteiger partial charge in [-0.05, 0) is 37.8 Å². The summed E-state index contributed by atoms with van der Waals surface area (Å²) in [6, 6.07) is 7.53. The Labute approximate surface area is 154 Å². The van der Waals surface area contributed by atoms with Gasteiger partial charge in [-0.15, -0.1) is 12.4 Å². The maximum Gasteiger partial charge on any atom is 0.305 e. The molecule has 0 aromatic heterocycles. The molecule has 1 aliphatic rings. The van der Waals surface area contributed by atoms with E-state index < -0.39 is 5.54 Å². The van der Waals surface area contributed by atoms with E-state index in [0.717, 1.165) is 24.8 Å². The number of carbonyl (C=O) groups is 2. The summed E-state index contributed by atoms with van der Waals surface area (Å²) in [6.45, 7) is 1.99. The van der Waals surface area contributed by atoms with Gasteiger partial charge in [-0.2, -0.15) is 0 Å². The fourth-order valence-electron chi connectivity index (χ4n) is 3.28. The lowest BCUT2D eigenvalue weighted by Gasteiger charge is -2.40. The minimum absolute atomic E-state index is 0. The zero-order valence-corrected chi connectivity index (χ0v) is 15.7. The molecule has 0 radical (unpaired) electrons. The molecule has 2 rings (SSSR count). The lowest BCUT2D eigenvalue weighted by Crippen LogP contribution is -2.54. The zero-order valence-electron chi connectivity index (χ0n) is 14.1. The van der Waals surface area contributed by atoms with Gasteiger partial charge in [0.25, 0.3) is 0 Å². The summed E-state index contributed by atoms with van der Waals surface area (Å²) in [6.07, 6.45) is 4.14. The van der Waals surface area contributed by atoms with E-state index in [9.17, 15) is 9.59 Å². The highest BCUT2D eigenvalue weighted by Crippen LogP contribution is 2.38. The van der Waals surface area contributed by atoms with Gasteiger partial charge in [0.2, 0.25) is 0 Å². The van der Waals surface area contributed by atoms with Crippen LogP contribution in [-0.2, 0) is 19.9 Å². The molecular weight excluding hydrogens is 349 g/mol. The summed E-state index contributed by atoms with van der Waals surface area (Å²) in [4.78, 5) is 24.1. The highest BCUT2D eigenvalue weighted by atomic mass is 35.5. The molecule has 0 saturated heterocycles. The first-order valence-corrected chi connectivity index (χ1v) is 8.50. The van der Waals surface area contributed by atoms with Crippen LogP contribution in [0.25, 0.3) is 0 Å². The number of hydrogen-bond donors (Lipinski definition) is 1. The fraction of sp³-hybridized carbons (Fsp3) is 0.556. The zero-order chi connectivity index (χ0) is 16.9. The predicted octanol–water partition coefficient (Wildman–Crippen LogP) is 4.03. The molecule has 4 nitrogen and oxygen atoms in total. The van der Waals surface area contributed by atoms with E-state index in [2.05, 4.69) is 10.1 Å². The van der Waals surface area contributed by atoms with E-state index in [4.69, 9.17) is 11.6 Å². The van der Waals surface area contributed by atoms with Gasteiger partial charge >= 0.3 is 5.97 Å². The highest BCUT2D eigenvalue weighted by Gasteiger charge is 2.43. The maximum absolute atomic E-state index is 12.8. The Kier molecular flexibility index (Phi) is 8.20. The van der Waals surface area contributed by atoms with E-state index >= 15 is 0 Å². The normalized spacial score (nSPS) is 21.7.